The van der Waals surface area contributed by atoms with Crippen LogP contribution in [0.2, 0.25) is 0 Å². The summed E-state index contributed by atoms with van der Waals surface area (Å²) in [5, 5.41) is 7.63. The summed E-state index contributed by atoms with van der Waals surface area (Å²) in [4.78, 5) is 12.6. The van der Waals surface area contributed by atoms with Crippen molar-refractivity contribution in [2.75, 3.05) is 51.2 Å². The minimum absolute atomic E-state index is 0. The molecule has 1 aliphatic rings. The lowest BCUT2D eigenvalue weighted by molar-refractivity contribution is -0.140. The molecule has 31 heavy (non-hydrogen) atoms. The standard InChI is InChI=1S/C20H27F3N6S.HI/c1-24-19(26-14-18-27-17(15-30-18)20(21,22)23)25-8-5-9-28-10-12-29(13-11-28)16-6-3-2-4-7-16;/h2-4,6-7,15H,5,8-14H2,1H3,(H2,24,25,26);1H. The number of aliphatic imine (C=N–C) groups is 1. The van der Waals surface area contributed by atoms with Crippen LogP contribution in [0.15, 0.2) is 40.7 Å². The molecule has 0 aliphatic carbocycles. The summed E-state index contributed by atoms with van der Waals surface area (Å²) in [5.41, 5.74) is 0.427. The van der Waals surface area contributed by atoms with Crippen molar-refractivity contribution in [2.24, 2.45) is 4.99 Å². The van der Waals surface area contributed by atoms with E-state index in [9.17, 15) is 13.2 Å². The van der Waals surface area contributed by atoms with E-state index in [4.69, 9.17) is 0 Å². The number of halogens is 4. The highest BCUT2D eigenvalue weighted by atomic mass is 127. The fourth-order valence-corrected chi connectivity index (χ4v) is 4.02. The van der Waals surface area contributed by atoms with E-state index in [0.717, 1.165) is 62.4 Å². The SMILES string of the molecule is CN=C(NCCCN1CCN(c2ccccc2)CC1)NCc1nc(C(F)(F)F)cs1.I. The Morgan fingerprint density at radius 2 is 1.84 bits per heavy atom. The lowest BCUT2D eigenvalue weighted by Gasteiger charge is -2.36. The van der Waals surface area contributed by atoms with E-state index in [1.807, 2.05) is 6.07 Å². The third kappa shape index (κ3) is 8.11. The summed E-state index contributed by atoms with van der Waals surface area (Å²) in [6.45, 7) is 6.06. The van der Waals surface area contributed by atoms with Gasteiger partial charge in [-0.25, -0.2) is 4.98 Å². The molecule has 1 saturated heterocycles. The topological polar surface area (TPSA) is 55.8 Å². The van der Waals surface area contributed by atoms with Crippen LogP contribution in [-0.2, 0) is 12.7 Å². The Bertz CT molecular complexity index is 807. The van der Waals surface area contributed by atoms with E-state index in [1.54, 1.807) is 7.05 Å². The van der Waals surface area contributed by atoms with E-state index < -0.39 is 11.9 Å². The maximum Gasteiger partial charge on any atom is 0.434 e. The van der Waals surface area contributed by atoms with Gasteiger partial charge in [0.05, 0.1) is 6.54 Å². The smallest absolute Gasteiger partial charge is 0.369 e. The molecule has 2 aromatic rings. The normalized spacial score (nSPS) is 15.5. The quantitative estimate of drug-likeness (QED) is 0.231. The summed E-state index contributed by atoms with van der Waals surface area (Å²) in [6, 6.07) is 10.5. The van der Waals surface area contributed by atoms with Crippen LogP contribution in [0, 0.1) is 0 Å². The number of rotatable bonds is 7. The number of thiazole rings is 1. The first kappa shape index (κ1) is 25.7. The van der Waals surface area contributed by atoms with E-state index in [2.05, 4.69) is 54.7 Å². The highest BCUT2D eigenvalue weighted by molar-refractivity contribution is 14.0. The number of piperazine rings is 1. The predicted molar refractivity (Wildman–Crippen MR) is 130 cm³/mol. The second-order valence-corrected chi connectivity index (χ2v) is 7.94. The summed E-state index contributed by atoms with van der Waals surface area (Å²) in [6.07, 6.45) is -3.44. The number of benzene rings is 1. The van der Waals surface area contributed by atoms with Gasteiger partial charge in [0.15, 0.2) is 11.7 Å². The van der Waals surface area contributed by atoms with Gasteiger partial charge in [-0.1, -0.05) is 18.2 Å². The average Bonchev–Trinajstić information content (AvgIpc) is 3.24. The number of guanidine groups is 1. The van der Waals surface area contributed by atoms with Gasteiger partial charge in [-0.15, -0.1) is 35.3 Å². The van der Waals surface area contributed by atoms with E-state index in [1.165, 1.54) is 5.69 Å². The van der Waals surface area contributed by atoms with Crippen LogP contribution >= 0.6 is 35.3 Å². The van der Waals surface area contributed by atoms with Gasteiger partial charge in [-0.05, 0) is 25.1 Å². The van der Waals surface area contributed by atoms with Crippen LogP contribution in [0.25, 0.3) is 0 Å². The number of para-hydroxylation sites is 1. The minimum atomic E-state index is -4.40. The molecule has 0 atom stereocenters. The van der Waals surface area contributed by atoms with E-state index in [0.29, 0.717) is 11.0 Å². The van der Waals surface area contributed by atoms with Crippen molar-refractivity contribution in [3.05, 3.63) is 46.4 Å². The van der Waals surface area contributed by atoms with Crippen LogP contribution in [-0.4, -0.2) is 62.2 Å². The van der Waals surface area contributed by atoms with E-state index >= 15 is 0 Å². The summed E-state index contributed by atoms with van der Waals surface area (Å²) in [7, 11) is 1.64. The molecular weight excluding hydrogens is 540 g/mol. The van der Waals surface area contributed by atoms with Gasteiger partial charge in [-0.3, -0.25) is 9.89 Å². The van der Waals surface area contributed by atoms with Crippen LogP contribution in [0.3, 0.4) is 0 Å². The fourth-order valence-electron chi connectivity index (χ4n) is 3.28. The highest BCUT2D eigenvalue weighted by Gasteiger charge is 2.33. The predicted octanol–water partition coefficient (Wildman–Crippen LogP) is 3.66. The van der Waals surface area contributed by atoms with Crippen LogP contribution in [0.4, 0.5) is 18.9 Å². The van der Waals surface area contributed by atoms with Crippen LogP contribution in [0.1, 0.15) is 17.1 Å². The van der Waals surface area contributed by atoms with Crippen molar-refractivity contribution in [3.63, 3.8) is 0 Å². The van der Waals surface area contributed by atoms with Gasteiger partial charge >= 0.3 is 6.18 Å². The Hall–Kier alpha value is -1.60. The van der Waals surface area contributed by atoms with Gasteiger partial charge < -0.3 is 15.5 Å². The number of anilines is 1. The zero-order valence-corrected chi connectivity index (χ0v) is 20.5. The molecule has 6 nitrogen and oxygen atoms in total. The second-order valence-electron chi connectivity index (χ2n) is 6.99. The number of nitrogens with one attached hydrogen (secondary N) is 2. The maximum absolute atomic E-state index is 12.6. The molecule has 11 heteroatoms. The molecule has 3 rings (SSSR count). The Kier molecular flexibility index (Phi) is 10.3. The van der Waals surface area contributed by atoms with Gasteiger partial charge in [0.1, 0.15) is 5.01 Å². The largest absolute Gasteiger partial charge is 0.434 e. The Balaban J connectivity index is 0.00000341. The number of nitrogens with zero attached hydrogens (tertiary/aromatic N) is 4. The number of aromatic nitrogens is 1. The first-order chi connectivity index (χ1) is 14.5. The molecule has 1 aromatic heterocycles. The van der Waals surface area contributed by atoms with Crippen molar-refractivity contribution in [1.29, 1.82) is 0 Å². The fraction of sp³-hybridized carbons (Fsp3) is 0.500. The Labute approximate surface area is 202 Å². The van der Waals surface area contributed by atoms with Gasteiger partial charge in [0, 0.05) is 50.8 Å². The van der Waals surface area contributed by atoms with Crippen molar-refractivity contribution in [1.82, 2.24) is 20.5 Å². The minimum Gasteiger partial charge on any atom is -0.369 e. The van der Waals surface area contributed by atoms with Crippen LogP contribution in [0.5, 0.6) is 0 Å². The number of hydrogen-bond acceptors (Lipinski definition) is 5. The molecule has 172 valence electrons. The molecule has 1 fully saturated rings. The average molecular weight is 568 g/mol. The molecule has 0 saturated carbocycles. The third-order valence-electron chi connectivity index (χ3n) is 4.91. The monoisotopic (exact) mass is 568 g/mol. The lowest BCUT2D eigenvalue weighted by Crippen LogP contribution is -2.47. The Morgan fingerprint density at radius 1 is 1.13 bits per heavy atom. The van der Waals surface area contributed by atoms with Gasteiger partial charge in [-0.2, -0.15) is 13.2 Å². The summed E-state index contributed by atoms with van der Waals surface area (Å²) < 4.78 is 37.8. The Morgan fingerprint density at radius 3 is 2.45 bits per heavy atom. The van der Waals surface area contributed by atoms with Crippen molar-refractivity contribution >= 4 is 47.0 Å². The first-order valence-electron chi connectivity index (χ1n) is 9.94. The summed E-state index contributed by atoms with van der Waals surface area (Å²) in [5.74, 6) is 0.563. The zero-order valence-electron chi connectivity index (χ0n) is 17.4. The molecular formula is C20H28F3IN6S. The molecule has 0 bridgehead atoms. The lowest BCUT2D eigenvalue weighted by atomic mass is 10.2. The molecule has 0 radical (unpaired) electrons. The number of hydrogen-bond donors (Lipinski definition) is 2. The third-order valence-corrected chi connectivity index (χ3v) is 5.76. The molecule has 0 amide bonds. The molecule has 2 heterocycles. The molecule has 0 spiro atoms. The number of alkyl halides is 3. The molecule has 0 unspecified atom stereocenters. The maximum atomic E-state index is 12.6. The highest BCUT2D eigenvalue weighted by Crippen LogP contribution is 2.29. The van der Waals surface area contributed by atoms with Crippen LogP contribution < -0.4 is 15.5 Å². The summed E-state index contributed by atoms with van der Waals surface area (Å²) >= 11 is 0.987. The molecule has 1 aromatic carbocycles. The van der Waals surface area contributed by atoms with E-state index in [-0.39, 0.29) is 30.5 Å². The second kappa shape index (κ2) is 12.4. The molecule has 1 aliphatic heterocycles. The van der Waals surface area contributed by atoms with Crippen molar-refractivity contribution in [2.45, 2.75) is 19.1 Å². The van der Waals surface area contributed by atoms with Gasteiger partial charge in [0.2, 0.25) is 0 Å². The van der Waals surface area contributed by atoms with Gasteiger partial charge in [0.25, 0.3) is 0 Å². The first-order valence-corrected chi connectivity index (χ1v) is 10.8. The molecule has 2 N–H and O–H groups in total. The zero-order chi connectivity index (χ0) is 21.4. The van der Waals surface area contributed by atoms with Crippen molar-refractivity contribution in [3.8, 4) is 0 Å². The van der Waals surface area contributed by atoms with Crippen molar-refractivity contribution < 1.29 is 13.2 Å².